The molecular weight excluding hydrogens is 467 g/mol. The van der Waals surface area contributed by atoms with Gasteiger partial charge in [-0.25, -0.2) is 0 Å². The molecule has 1 saturated heterocycles. The quantitative estimate of drug-likeness (QED) is 0.254. The van der Waals surface area contributed by atoms with Gasteiger partial charge in [-0.15, -0.1) is 24.0 Å². The first-order chi connectivity index (χ1) is 13.3. The highest BCUT2D eigenvalue weighted by molar-refractivity contribution is 14.0. The number of nitrogens with one attached hydrogen (secondary N) is 1. The Morgan fingerprint density at radius 3 is 2.68 bits per heavy atom. The first-order valence-electron chi connectivity index (χ1n) is 10.3. The van der Waals surface area contributed by atoms with E-state index < -0.39 is 0 Å². The lowest BCUT2D eigenvalue weighted by Gasteiger charge is -2.26. The highest BCUT2D eigenvalue weighted by Crippen LogP contribution is 2.32. The Balaban J connectivity index is 0.00000280. The predicted molar refractivity (Wildman–Crippen MR) is 125 cm³/mol. The number of ether oxygens (including phenoxy) is 2. The number of hydrogen-bond acceptors (Lipinski definition) is 4. The van der Waals surface area contributed by atoms with Crippen molar-refractivity contribution < 1.29 is 9.47 Å². The van der Waals surface area contributed by atoms with Crippen LogP contribution in [0.25, 0.3) is 0 Å². The average molecular weight is 502 g/mol. The summed E-state index contributed by atoms with van der Waals surface area (Å²) in [6.45, 7) is 5.93. The van der Waals surface area contributed by atoms with Crippen molar-refractivity contribution in [2.75, 3.05) is 47.1 Å². The lowest BCUT2D eigenvalue weighted by Crippen LogP contribution is -2.38. The highest BCUT2D eigenvalue weighted by Gasteiger charge is 2.14. The molecule has 0 saturated carbocycles. The van der Waals surface area contributed by atoms with E-state index in [4.69, 9.17) is 9.47 Å². The molecule has 1 fully saturated rings. The fourth-order valence-electron chi connectivity index (χ4n) is 3.79. The molecule has 0 unspecified atom stereocenters. The molecule has 0 amide bonds. The molecule has 6 nitrogen and oxygen atoms in total. The van der Waals surface area contributed by atoms with Gasteiger partial charge in [-0.1, -0.05) is 18.9 Å². The number of piperidine rings is 1. The number of unbranched alkanes of at least 4 members (excludes halogenated alkanes) is 2. The van der Waals surface area contributed by atoms with E-state index in [2.05, 4.69) is 33.2 Å². The molecule has 1 aromatic rings. The summed E-state index contributed by atoms with van der Waals surface area (Å²) in [5, 5.41) is 3.49. The SMILES string of the molecule is CN=C(NCCCCCN1CCCCC1)N(C)Cc1ccc2c(c1)OCO2.I. The Bertz CT molecular complexity index is 620. The van der Waals surface area contributed by atoms with Crippen LogP contribution in [0.2, 0.25) is 0 Å². The second-order valence-electron chi connectivity index (χ2n) is 7.48. The van der Waals surface area contributed by atoms with Crippen LogP contribution in [0.3, 0.4) is 0 Å². The van der Waals surface area contributed by atoms with Crippen LogP contribution in [-0.4, -0.2) is 62.8 Å². The molecule has 0 aliphatic carbocycles. The molecule has 2 heterocycles. The zero-order valence-corrected chi connectivity index (χ0v) is 19.6. The third-order valence-corrected chi connectivity index (χ3v) is 5.31. The summed E-state index contributed by atoms with van der Waals surface area (Å²) >= 11 is 0. The van der Waals surface area contributed by atoms with Crippen LogP contribution in [0.4, 0.5) is 0 Å². The zero-order valence-electron chi connectivity index (χ0n) is 17.3. The topological polar surface area (TPSA) is 49.3 Å². The van der Waals surface area contributed by atoms with E-state index in [-0.39, 0.29) is 24.0 Å². The number of benzene rings is 1. The number of halogens is 1. The maximum Gasteiger partial charge on any atom is 0.231 e. The van der Waals surface area contributed by atoms with Crippen molar-refractivity contribution in [3.63, 3.8) is 0 Å². The second kappa shape index (κ2) is 12.4. The second-order valence-corrected chi connectivity index (χ2v) is 7.48. The number of aliphatic imine (C=N–C) groups is 1. The number of nitrogens with zero attached hydrogens (tertiary/aromatic N) is 3. The van der Waals surface area contributed by atoms with Crippen LogP contribution in [0.5, 0.6) is 11.5 Å². The first-order valence-corrected chi connectivity index (χ1v) is 10.3. The monoisotopic (exact) mass is 502 g/mol. The molecule has 0 spiro atoms. The van der Waals surface area contributed by atoms with E-state index in [1.165, 1.54) is 63.7 Å². The molecule has 7 heteroatoms. The minimum absolute atomic E-state index is 0. The normalized spacial score (nSPS) is 16.6. The van der Waals surface area contributed by atoms with Gasteiger partial charge in [0, 0.05) is 27.2 Å². The maximum absolute atomic E-state index is 5.46. The van der Waals surface area contributed by atoms with E-state index in [1.807, 2.05) is 19.2 Å². The van der Waals surface area contributed by atoms with Gasteiger partial charge in [-0.2, -0.15) is 0 Å². The van der Waals surface area contributed by atoms with Crippen molar-refractivity contribution >= 4 is 29.9 Å². The average Bonchev–Trinajstić information content (AvgIpc) is 3.16. The Kier molecular flexibility index (Phi) is 10.2. The first kappa shape index (κ1) is 23.1. The molecule has 0 aromatic heterocycles. The van der Waals surface area contributed by atoms with E-state index in [0.29, 0.717) is 6.79 Å². The van der Waals surface area contributed by atoms with Crippen LogP contribution in [0, 0.1) is 0 Å². The number of rotatable bonds is 8. The van der Waals surface area contributed by atoms with Crippen molar-refractivity contribution in [1.29, 1.82) is 0 Å². The third kappa shape index (κ3) is 6.99. The molecular formula is C21H35IN4O2. The smallest absolute Gasteiger partial charge is 0.231 e. The van der Waals surface area contributed by atoms with Gasteiger partial charge in [0.1, 0.15) is 0 Å². The summed E-state index contributed by atoms with van der Waals surface area (Å²) in [5.74, 6) is 2.59. The van der Waals surface area contributed by atoms with Crippen LogP contribution in [-0.2, 0) is 6.54 Å². The lowest BCUT2D eigenvalue weighted by molar-refractivity contribution is 0.174. The molecule has 0 atom stereocenters. The van der Waals surface area contributed by atoms with Gasteiger partial charge < -0.3 is 24.6 Å². The molecule has 0 bridgehead atoms. The van der Waals surface area contributed by atoms with Crippen molar-refractivity contribution in [2.24, 2.45) is 4.99 Å². The fourth-order valence-corrected chi connectivity index (χ4v) is 3.79. The highest BCUT2D eigenvalue weighted by atomic mass is 127. The summed E-state index contributed by atoms with van der Waals surface area (Å²) in [4.78, 5) is 9.18. The van der Waals surface area contributed by atoms with Gasteiger partial charge >= 0.3 is 0 Å². The molecule has 2 aliphatic heterocycles. The molecule has 1 aromatic carbocycles. The van der Waals surface area contributed by atoms with E-state index in [1.54, 1.807) is 0 Å². The van der Waals surface area contributed by atoms with Gasteiger partial charge in [0.15, 0.2) is 17.5 Å². The predicted octanol–water partition coefficient (Wildman–Crippen LogP) is 3.70. The minimum atomic E-state index is 0. The molecule has 0 radical (unpaired) electrons. The number of fused-ring (bicyclic) bond motifs is 1. The van der Waals surface area contributed by atoms with Gasteiger partial charge in [0.25, 0.3) is 0 Å². The molecule has 28 heavy (non-hydrogen) atoms. The maximum atomic E-state index is 5.46. The summed E-state index contributed by atoms with van der Waals surface area (Å²) in [7, 11) is 3.91. The fraction of sp³-hybridized carbons (Fsp3) is 0.667. The van der Waals surface area contributed by atoms with E-state index in [0.717, 1.165) is 30.5 Å². The van der Waals surface area contributed by atoms with Crippen LogP contribution in [0.15, 0.2) is 23.2 Å². The van der Waals surface area contributed by atoms with Crippen LogP contribution in [0.1, 0.15) is 44.1 Å². The number of hydrogen-bond donors (Lipinski definition) is 1. The van der Waals surface area contributed by atoms with Crippen LogP contribution < -0.4 is 14.8 Å². The Morgan fingerprint density at radius 1 is 1.11 bits per heavy atom. The van der Waals surface area contributed by atoms with Crippen molar-refractivity contribution in [1.82, 2.24) is 15.1 Å². The van der Waals surface area contributed by atoms with E-state index in [9.17, 15) is 0 Å². The Hall–Kier alpha value is -1.22. The summed E-state index contributed by atoms with van der Waals surface area (Å²) in [6, 6.07) is 6.11. The zero-order chi connectivity index (χ0) is 18.9. The van der Waals surface area contributed by atoms with E-state index >= 15 is 0 Å². The van der Waals surface area contributed by atoms with Gasteiger partial charge in [-0.05, 0) is 63.0 Å². The standard InChI is InChI=1S/C21H34N4O2.HI/c1-22-21(23-11-5-3-6-12-25-13-7-4-8-14-25)24(2)16-18-9-10-19-20(15-18)27-17-26-19;/h9-10,15H,3-8,11-14,16-17H2,1-2H3,(H,22,23);1H. The summed E-state index contributed by atoms with van der Waals surface area (Å²) < 4.78 is 10.8. The van der Waals surface area contributed by atoms with Gasteiger partial charge in [0.05, 0.1) is 0 Å². The largest absolute Gasteiger partial charge is 0.454 e. The number of guanidine groups is 1. The summed E-state index contributed by atoms with van der Waals surface area (Å²) in [6.07, 6.45) is 7.94. The molecule has 158 valence electrons. The third-order valence-electron chi connectivity index (χ3n) is 5.31. The summed E-state index contributed by atoms with van der Waals surface area (Å²) in [5.41, 5.74) is 1.19. The van der Waals surface area contributed by atoms with Crippen molar-refractivity contribution in [3.8, 4) is 11.5 Å². The van der Waals surface area contributed by atoms with Gasteiger partial charge in [0.2, 0.25) is 6.79 Å². The molecule has 2 aliphatic rings. The lowest BCUT2D eigenvalue weighted by atomic mass is 10.1. The Morgan fingerprint density at radius 2 is 1.89 bits per heavy atom. The van der Waals surface area contributed by atoms with Crippen molar-refractivity contribution in [3.05, 3.63) is 23.8 Å². The van der Waals surface area contributed by atoms with Gasteiger partial charge in [-0.3, -0.25) is 4.99 Å². The number of likely N-dealkylation sites (tertiary alicyclic amines) is 1. The Labute approximate surface area is 186 Å². The molecule has 3 rings (SSSR count). The minimum Gasteiger partial charge on any atom is -0.454 e. The molecule has 1 N–H and O–H groups in total. The van der Waals surface area contributed by atoms with Crippen LogP contribution >= 0.6 is 24.0 Å². The van der Waals surface area contributed by atoms with Crippen molar-refractivity contribution in [2.45, 2.75) is 45.1 Å².